The van der Waals surface area contributed by atoms with E-state index in [9.17, 15) is 13.2 Å². The highest BCUT2D eigenvalue weighted by atomic mass is 32.2. The number of ketones is 1. The van der Waals surface area contributed by atoms with Crippen LogP contribution in [0.2, 0.25) is 0 Å². The molecule has 0 amide bonds. The number of carbonyl (C=O) groups excluding carboxylic acids is 1. The molecule has 4 rings (SSSR count). The van der Waals surface area contributed by atoms with Crippen LogP contribution in [0.1, 0.15) is 92.2 Å². The summed E-state index contributed by atoms with van der Waals surface area (Å²) in [4.78, 5) is 15.7. The van der Waals surface area contributed by atoms with Crippen molar-refractivity contribution in [3.8, 4) is 0 Å². The van der Waals surface area contributed by atoms with Crippen LogP contribution < -0.4 is 4.90 Å². The second kappa shape index (κ2) is 20.2. The van der Waals surface area contributed by atoms with E-state index in [4.69, 9.17) is 10.5 Å². The number of Topliss-reactive ketones (excluding diaryl/α,β-unsaturated/α-hetero) is 1. The average Bonchev–Trinajstić information content (AvgIpc) is 3.51. The zero-order chi connectivity index (χ0) is 42.0. The van der Waals surface area contributed by atoms with Crippen LogP contribution in [-0.2, 0) is 44.4 Å². The van der Waals surface area contributed by atoms with Gasteiger partial charge in [-0.2, -0.15) is 4.58 Å². The van der Waals surface area contributed by atoms with E-state index in [0.29, 0.717) is 18.6 Å². The van der Waals surface area contributed by atoms with E-state index >= 15 is 0 Å². The molecule has 0 radical (unpaired) electrons. The summed E-state index contributed by atoms with van der Waals surface area (Å²) < 4.78 is 40.1. The standard InChI is InChI=1S/C42H57N3O9S3/c1-10-44-35-25-23-32(57(49,50)43(9)26-18-21-39(46)40(2,3)4)30-34(35)42(7,8)37(44)19-14-12-11-13-15-20-38-41(5,6)33-29-31(56-54-52-48)22-24-36(33)45(38)27-16-17-28-55-53-51-47/h11-15,19-20,22-25,29-30H,10,16-18,21,26-28H2,1-9H3,(H-,47,48)/p+1. The van der Waals surface area contributed by atoms with Crippen LogP contribution in [0.15, 0.2) is 94.4 Å². The van der Waals surface area contributed by atoms with Crippen LogP contribution in [-0.4, -0.2) is 71.7 Å². The predicted molar refractivity (Wildman–Crippen MR) is 228 cm³/mol. The Hall–Kier alpha value is -3.09. The monoisotopic (exact) mass is 844 g/mol. The number of likely N-dealkylation sites (N-methyl/N-ethyl adjacent to an activating group) is 1. The van der Waals surface area contributed by atoms with Gasteiger partial charge < -0.3 is 4.90 Å². The first-order chi connectivity index (χ1) is 26.9. The SMILES string of the molecule is CCN1/C(=C/C=C/C=C/C=C/C2=[N+](CCCCSOOO)c3ccc(SOOO)cc3C2(C)C)C(C)(C)c2cc(S(=O)(=O)N(C)CCCC(=O)C(C)(C)C)ccc21. The summed E-state index contributed by atoms with van der Waals surface area (Å²) in [5, 5.41) is 24.5. The van der Waals surface area contributed by atoms with Gasteiger partial charge in [0.2, 0.25) is 15.7 Å². The second-order valence-corrected chi connectivity index (χ2v) is 19.7. The lowest BCUT2D eigenvalue weighted by Crippen LogP contribution is -2.29. The van der Waals surface area contributed by atoms with Crippen molar-refractivity contribution in [2.45, 2.75) is 102 Å². The zero-order valence-corrected chi connectivity index (χ0v) is 36.9. The van der Waals surface area contributed by atoms with Crippen molar-refractivity contribution in [1.82, 2.24) is 4.31 Å². The van der Waals surface area contributed by atoms with Gasteiger partial charge in [-0.3, -0.25) is 4.79 Å². The van der Waals surface area contributed by atoms with E-state index in [2.05, 4.69) is 75.0 Å². The Bertz CT molecular complexity index is 2000. The van der Waals surface area contributed by atoms with Gasteiger partial charge in [0.05, 0.1) is 22.4 Å². The lowest BCUT2D eigenvalue weighted by atomic mass is 9.81. The number of allylic oxidation sites excluding steroid dienone is 8. The molecule has 2 heterocycles. The summed E-state index contributed by atoms with van der Waals surface area (Å²) in [5.74, 6) is 0.787. The molecule has 0 fully saturated rings. The van der Waals surface area contributed by atoms with Crippen molar-refractivity contribution < 1.29 is 47.0 Å². The Morgan fingerprint density at radius 2 is 1.61 bits per heavy atom. The van der Waals surface area contributed by atoms with Gasteiger partial charge >= 0.3 is 0 Å². The molecule has 57 heavy (non-hydrogen) atoms. The van der Waals surface area contributed by atoms with Crippen LogP contribution in [0.4, 0.5) is 11.4 Å². The van der Waals surface area contributed by atoms with Gasteiger partial charge in [0, 0.05) is 95.6 Å². The summed E-state index contributed by atoms with van der Waals surface area (Å²) in [7, 11) is -2.17. The molecule has 2 aromatic rings. The number of sulfonamides is 1. The molecule has 2 aromatic carbocycles. The van der Waals surface area contributed by atoms with Crippen molar-refractivity contribution >= 4 is 57.0 Å². The number of benzene rings is 2. The number of carbonyl (C=O) groups is 1. The van der Waals surface area contributed by atoms with Crippen molar-refractivity contribution in [3.05, 3.63) is 95.8 Å². The molecule has 0 bridgehead atoms. The maximum Gasteiger partial charge on any atom is 0.242 e. The Balaban J connectivity index is 1.50. The van der Waals surface area contributed by atoms with Gasteiger partial charge in [0.25, 0.3) is 0 Å². The smallest absolute Gasteiger partial charge is 0.242 e. The van der Waals surface area contributed by atoms with Gasteiger partial charge in [0.1, 0.15) is 12.3 Å². The van der Waals surface area contributed by atoms with E-state index in [1.807, 2.05) is 75.4 Å². The van der Waals surface area contributed by atoms with Crippen LogP contribution in [0.3, 0.4) is 0 Å². The Kier molecular flexibility index (Phi) is 16.6. The highest BCUT2D eigenvalue weighted by Gasteiger charge is 2.44. The Morgan fingerprint density at radius 3 is 2.30 bits per heavy atom. The normalized spacial score (nSPS) is 17.3. The first kappa shape index (κ1) is 46.6. The largest absolute Gasteiger partial charge is 0.344 e. The molecule has 0 saturated carbocycles. The summed E-state index contributed by atoms with van der Waals surface area (Å²) in [5.41, 5.74) is 5.14. The fourth-order valence-electron chi connectivity index (χ4n) is 7.27. The predicted octanol–water partition coefficient (Wildman–Crippen LogP) is 9.73. The third-order valence-electron chi connectivity index (χ3n) is 10.5. The third kappa shape index (κ3) is 11.1. The van der Waals surface area contributed by atoms with Gasteiger partial charge in [0.15, 0.2) is 5.71 Å². The first-order valence-corrected chi connectivity index (χ1v) is 22.2. The molecule has 0 atom stereocenters. The van der Waals surface area contributed by atoms with Crippen LogP contribution in [0.5, 0.6) is 0 Å². The van der Waals surface area contributed by atoms with E-state index in [1.54, 1.807) is 19.2 Å². The highest BCUT2D eigenvalue weighted by Crippen LogP contribution is 2.48. The van der Waals surface area contributed by atoms with Crippen molar-refractivity contribution in [2.75, 3.05) is 37.3 Å². The molecular formula is C42H58N3O9S3+. The van der Waals surface area contributed by atoms with Crippen molar-refractivity contribution in [1.29, 1.82) is 0 Å². The molecule has 0 saturated heterocycles. The lowest BCUT2D eigenvalue weighted by Gasteiger charge is -2.25. The van der Waals surface area contributed by atoms with Crippen molar-refractivity contribution in [3.63, 3.8) is 0 Å². The summed E-state index contributed by atoms with van der Waals surface area (Å²) in [6.45, 7) is 18.1. The van der Waals surface area contributed by atoms with Crippen LogP contribution in [0, 0.1) is 5.41 Å². The van der Waals surface area contributed by atoms with Gasteiger partial charge in [-0.15, -0.1) is 8.67 Å². The molecule has 2 N–H and O–H groups in total. The quantitative estimate of drug-likeness (QED) is 0.0309. The number of unbranched alkanes of at least 4 members (excludes halogenated alkanes) is 1. The minimum atomic E-state index is -3.75. The molecule has 2 aliphatic heterocycles. The zero-order valence-electron chi connectivity index (χ0n) is 34.5. The van der Waals surface area contributed by atoms with E-state index in [1.165, 1.54) is 4.31 Å². The summed E-state index contributed by atoms with van der Waals surface area (Å²) in [6.07, 6.45) is 16.8. The number of hydrogen-bond acceptors (Lipinski definition) is 12. The lowest BCUT2D eigenvalue weighted by molar-refractivity contribution is -0.438. The second-order valence-electron chi connectivity index (χ2n) is 16.1. The van der Waals surface area contributed by atoms with E-state index in [0.717, 1.165) is 88.8 Å². The highest BCUT2D eigenvalue weighted by molar-refractivity contribution is 7.94. The summed E-state index contributed by atoms with van der Waals surface area (Å²) in [6, 6.07) is 11.4. The van der Waals surface area contributed by atoms with Gasteiger partial charge in [-0.05, 0) is 75.6 Å². The molecule has 0 unspecified atom stereocenters. The van der Waals surface area contributed by atoms with Crippen LogP contribution >= 0.6 is 24.1 Å². The fraction of sp³-hybridized carbons (Fsp3) is 0.476. The maximum atomic E-state index is 13.6. The summed E-state index contributed by atoms with van der Waals surface area (Å²) >= 11 is 1.98. The Morgan fingerprint density at radius 1 is 0.912 bits per heavy atom. The number of hydrogen-bond donors (Lipinski definition) is 2. The van der Waals surface area contributed by atoms with Crippen LogP contribution in [0.25, 0.3) is 0 Å². The fourth-order valence-corrected chi connectivity index (χ4v) is 9.33. The van der Waals surface area contributed by atoms with E-state index in [-0.39, 0.29) is 22.6 Å². The molecule has 12 nitrogen and oxygen atoms in total. The average molecular weight is 845 g/mol. The number of fused-ring (bicyclic) bond motifs is 2. The number of nitrogens with zero attached hydrogens (tertiary/aromatic N) is 3. The molecular weight excluding hydrogens is 787 g/mol. The molecule has 2 aliphatic rings. The maximum absolute atomic E-state index is 13.6. The topological polar surface area (TPSA) is 138 Å². The molecule has 0 aliphatic carbocycles. The number of anilines is 1. The van der Waals surface area contributed by atoms with Gasteiger partial charge in [-0.1, -0.05) is 75.1 Å². The minimum Gasteiger partial charge on any atom is -0.344 e. The molecule has 0 spiro atoms. The minimum absolute atomic E-state index is 0.122. The van der Waals surface area contributed by atoms with Gasteiger partial charge in [-0.25, -0.2) is 23.2 Å². The van der Waals surface area contributed by atoms with Crippen molar-refractivity contribution in [2.24, 2.45) is 5.41 Å². The number of rotatable bonds is 21. The molecule has 0 aromatic heterocycles. The first-order valence-electron chi connectivity index (χ1n) is 19.1. The molecule has 15 heteroatoms. The Labute approximate surface area is 347 Å². The third-order valence-corrected chi connectivity index (χ3v) is 13.6. The molecule has 312 valence electrons. The van der Waals surface area contributed by atoms with E-state index < -0.39 is 20.9 Å².